The van der Waals surface area contributed by atoms with Gasteiger partial charge in [0.2, 0.25) is 5.95 Å². The van der Waals surface area contributed by atoms with Crippen molar-refractivity contribution in [2.45, 2.75) is 0 Å². The average molecular weight is 175 g/mol. The van der Waals surface area contributed by atoms with Crippen LogP contribution in [0.5, 0.6) is 0 Å². The SMILES string of the molecule is Cn1cnc(-c2ccnc(N)n2)c1. The zero-order valence-corrected chi connectivity index (χ0v) is 7.18. The summed E-state index contributed by atoms with van der Waals surface area (Å²) in [6.45, 7) is 0. The lowest BCUT2D eigenvalue weighted by atomic mass is 10.3. The molecule has 0 aliphatic rings. The van der Waals surface area contributed by atoms with Crippen molar-refractivity contribution in [1.29, 1.82) is 0 Å². The molecule has 2 heterocycles. The third kappa shape index (κ3) is 1.48. The van der Waals surface area contributed by atoms with Gasteiger partial charge in [-0.3, -0.25) is 0 Å². The topological polar surface area (TPSA) is 69.6 Å². The Bertz CT molecular complexity index is 420. The maximum Gasteiger partial charge on any atom is 0.220 e. The minimum absolute atomic E-state index is 0.267. The highest BCUT2D eigenvalue weighted by Gasteiger charge is 2.02. The number of aromatic nitrogens is 4. The van der Waals surface area contributed by atoms with Gasteiger partial charge < -0.3 is 10.3 Å². The summed E-state index contributed by atoms with van der Waals surface area (Å²) >= 11 is 0. The van der Waals surface area contributed by atoms with E-state index in [1.165, 1.54) is 0 Å². The van der Waals surface area contributed by atoms with Crippen molar-refractivity contribution in [3.05, 3.63) is 24.8 Å². The molecule has 0 fully saturated rings. The molecule has 2 aromatic rings. The fraction of sp³-hybridized carbons (Fsp3) is 0.125. The fourth-order valence-electron chi connectivity index (χ4n) is 1.06. The molecule has 0 amide bonds. The molecule has 0 aromatic carbocycles. The highest BCUT2D eigenvalue weighted by Crippen LogP contribution is 2.12. The van der Waals surface area contributed by atoms with Crippen LogP contribution in [-0.4, -0.2) is 19.5 Å². The molecule has 2 N–H and O–H groups in total. The Labute approximate surface area is 75.3 Å². The molecule has 66 valence electrons. The van der Waals surface area contributed by atoms with Crippen LogP contribution in [0.25, 0.3) is 11.4 Å². The highest BCUT2D eigenvalue weighted by molar-refractivity contribution is 5.53. The van der Waals surface area contributed by atoms with E-state index in [1.54, 1.807) is 18.6 Å². The van der Waals surface area contributed by atoms with E-state index < -0.39 is 0 Å². The predicted molar refractivity (Wildman–Crippen MR) is 48.6 cm³/mol. The number of nitrogens with zero attached hydrogens (tertiary/aromatic N) is 4. The van der Waals surface area contributed by atoms with Crippen LogP contribution in [0.4, 0.5) is 5.95 Å². The predicted octanol–water partition coefficient (Wildman–Crippen LogP) is 0.459. The molecule has 0 aliphatic heterocycles. The molecule has 0 saturated heterocycles. The van der Waals surface area contributed by atoms with Crippen molar-refractivity contribution in [3.63, 3.8) is 0 Å². The van der Waals surface area contributed by atoms with Crippen molar-refractivity contribution in [1.82, 2.24) is 19.5 Å². The summed E-state index contributed by atoms with van der Waals surface area (Å²) in [5.41, 5.74) is 6.99. The standard InChI is InChI=1S/C8H9N5/c1-13-4-7(11-5-13)6-2-3-10-8(9)12-6/h2-5H,1H3,(H2,9,10,12). The zero-order valence-electron chi connectivity index (χ0n) is 7.18. The number of rotatable bonds is 1. The molecular weight excluding hydrogens is 166 g/mol. The number of nitrogens with two attached hydrogens (primary N) is 1. The van der Waals surface area contributed by atoms with Crippen molar-refractivity contribution < 1.29 is 0 Å². The van der Waals surface area contributed by atoms with E-state index in [0.29, 0.717) is 0 Å². The molecule has 13 heavy (non-hydrogen) atoms. The van der Waals surface area contributed by atoms with Crippen LogP contribution in [0.1, 0.15) is 0 Å². The molecule has 0 saturated carbocycles. The van der Waals surface area contributed by atoms with Crippen LogP contribution in [0.15, 0.2) is 24.8 Å². The van der Waals surface area contributed by atoms with Gasteiger partial charge in [-0.1, -0.05) is 0 Å². The van der Waals surface area contributed by atoms with Crippen LogP contribution >= 0.6 is 0 Å². The van der Waals surface area contributed by atoms with E-state index in [0.717, 1.165) is 11.4 Å². The Balaban J connectivity index is 2.46. The lowest BCUT2D eigenvalue weighted by molar-refractivity contribution is 0.913. The van der Waals surface area contributed by atoms with Gasteiger partial charge in [-0.15, -0.1) is 0 Å². The first-order chi connectivity index (χ1) is 6.25. The monoisotopic (exact) mass is 175 g/mol. The quantitative estimate of drug-likeness (QED) is 0.683. The smallest absolute Gasteiger partial charge is 0.220 e. The lowest BCUT2D eigenvalue weighted by Crippen LogP contribution is -1.95. The molecule has 0 bridgehead atoms. The molecule has 0 unspecified atom stereocenters. The Morgan fingerprint density at radius 1 is 1.31 bits per heavy atom. The maximum atomic E-state index is 5.45. The van der Waals surface area contributed by atoms with E-state index in [9.17, 15) is 0 Å². The van der Waals surface area contributed by atoms with Crippen LogP contribution < -0.4 is 5.73 Å². The molecule has 0 radical (unpaired) electrons. The van der Waals surface area contributed by atoms with E-state index in [1.807, 2.05) is 17.8 Å². The number of hydrogen-bond donors (Lipinski definition) is 1. The summed E-state index contributed by atoms with van der Waals surface area (Å²) in [7, 11) is 1.90. The fourth-order valence-corrected chi connectivity index (χ4v) is 1.06. The number of anilines is 1. The van der Waals surface area contributed by atoms with Gasteiger partial charge in [0.15, 0.2) is 0 Å². The highest BCUT2D eigenvalue weighted by atomic mass is 15.0. The maximum absolute atomic E-state index is 5.45. The van der Waals surface area contributed by atoms with Gasteiger partial charge in [-0.2, -0.15) is 0 Å². The summed E-state index contributed by atoms with van der Waals surface area (Å²) < 4.78 is 1.85. The van der Waals surface area contributed by atoms with Crippen molar-refractivity contribution in [3.8, 4) is 11.4 Å². The summed E-state index contributed by atoms with van der Waals surface area (Å²) in [4.78, 5) is 12.0. The second-order valence-corrected chi connectivity index (χ2v) is 2.72. The van der Waals surface area contributed by atoms with Gasteiger partial charge in [0.05, 0.1) is 12.0 Å². The van der Waals surface area contributed by atoms with Crippen molar-refractivity contribution in [2.24, 2.45) is 7.05 Å². The van der Waals surface area contributed by atoms with Crippen LogP contribution in [-0.2, 0) is 7.05 Å². The van der Waals surface area contributed by atoms with E-state index >= 15 is 0 Å². The first-order valence-corrected chi connectivity index (χ1v) is 3.82. The third-order valence-corrected chi connectivity index (χ3v) is 1.64. The number of nitrogen functional groups attached to an aromatic ring is 1. The van der Waals surface area contributed by atoms with Crippen LogP contribution in [0.2, 0.25) is 0 Å². The molecule has 0 aliphatic carbocycles. The minimum Gasteiger partial charge on any atom is -0.368 e. The first-order valence-electron chi connectivity index (χ1n) is 3.82. The van der Waals surface area contributed by atoms with Crippen molar-refractivity contribution >= 4 is 5.95 Å². The van der Waals surface area contributed by atoms with Gasteiger partial charge in [-0.05, 0) is 6.07 Å². The summed E-state index contributed by atoms with van der Waals surface area (Å²) in [5, 5.41) is 0. The second-order valence-electron chi connectivity index (χ2n) is 2.72. The Morgan fingerprint density at radius 2 is 2.15 bits per heavy atom. The molecular formula is C8H9N5. The molecule has 0 atom stereocenters. The Morgan fingerprint density at radius 3 is 2.77 bits per heavy atom. The Kier molecular flexibility index (Phi) is 1.70. The minimum atomic E-state index is 0.267. The van der Waals surface area contributed by atoms with Gasteiger partial charge in [0.25, 0.3) is 0 Å². The Hall–Kier alpha value is -1.91. The van der Waals surface area contributed by atoms with Gasteiger partial charge in [0, 0.05) is 19.4 Å². The van der Waals surface area contributed by atoms with E-state index in [2.05, 4.69) is 15.0 Å². The number of hydrogen-bond acceptors (Lipinski definition) is 4. The molecule has 5 heteroatoms. The number of aryl methyl sites for hydroxylation is 1. The second kappa shape index (κ2) is 2.85. The van der Waals surface area contributed by atoms with Crippen LogP contribution in [0, 0.1) is 0 Å². The van der Waals surface area contributed by atoms with Crippen molar-refractivity contribution in [2.75, 3.05) is 5.73 Å². The first kappa shape index (κ1) is 7.72. The molecule has 2 rings (SSSR count). The number of imidazole rings is 1. The van der Waals surface area contributed by atoms with Gasteiger partial charge in [0.1, 0.15) is 5.69 Å². The van der Waals surface area contributed by atoms with Gasteiger partial charge >= 0.3 is 0 Å². The zero-order chi connectivity index (χ0) is 9.26. The molecule has 0 spiro atoms. The third-order valence-electron chi connectivity index (χ3n) is 1.64. The van der Waals surface area contributed by atoms with Gasteiger partial charge in [-0.25, -0.2) is 15.0 Å². The summed E-state index contributed by atoms with van der Waals surface area (Å²) in [6.07, 6.45) is 5.21. The average Bonchev–Trinajstić information content (AvgIpc) is 2.52. The lowest BCUT2D eigenvalue weighted by Gasteiger charge is -1.95. The van der Waals surface area contributed by atoms with Crippen LogP contribution in [0.3, 0.4) is 0 Å². The summed E-state index contributed by atoms with van der Waals surface area (Å²) in [5.74, 6) is 0.267. The molecule has 2 aromatic heterocycles. The normalized spacial score (nSPS) is 10.2. The largest absolute Gasteiger partial charge is 0.368 e. The summed E-state index contributed by atoms with van der Waals surface area (Å²) in [6, 6.07) is 1.78. The van der Waals surface area contributed by atoms with E-state index in [-0.39, 0.29) is 5.95 Å². The molecule has 5 nitrogen and oxygen atoms in total. The van der Waals surface area contributed by atoms with E-state index in [4.69, 9.17) is 5.73 Å².